The minimum atomic E-state index is -1.62. The van der Waals surface area contributed by atoms with Gasteiger partial charge in [0, 0.05) is 19.6 Å². The van der Waals surface area contributed by atoms with Crippen LogP contribution in [0.15, 0.2) is 0 Å². The summed E-state index contributed by atoms with van der Waals surface area (Å²) in [5, 5.41) is 0. The highest BCUT2D eigenvalue weighted by Crippen LogP contribution is 2.43. The second-order valence-electron chi connectivity index (χ2n) is 6.61. The van der Waals surface area contributed by atoms with Crippen LogP contribution in [0.25, 0.3) is 0 Å². The van der Waals surface area contributed by atoms with Crippen LogP contribution in [0.5, 0.6) is 0 Å². The standard InChI is InChI=1S/C17H29F3O2/c1-3-9-22-15-8-7-13(16(19)17(15)20)12-6-5-11(21-4-2)10-14(12)18/h11-17H,3-10H2,1-2H3. The number of rotatable bonds is 6. The molecule has 130 valence electrons. The van der Waals surface area contributed by atoms with Gasteiger partial charge in [0.1, 0.15) is 12.3 Å². The lowest BCUT2D eigenvalue weighted by Crippen LogP contribution is -2.48. The molecule has 0 N–H and O–H groups in total. The lowest BCUT2D eigenvalue weighted by molar-refractivity contribution is -0.102. The highest BCUT2D eigenvalue weighted by molar-refractivity contribution is 4.95. The van der Waals surface area contributed by atoms with Crippen molar-refractivity contribution in [3.63, 3.8) is 0 Å². The number of alkyl halides is 3. The van der Waals surface area contributed by atoms with Gasteiger partial charge in [-0.05, 0) is 50.9 Å². The molecule has 2 rings (SSSR count). The molecule has 0 saturated heterocycles. The maximum atomic E-state index is 14.5. The Balaban J connectivity index is 1.90. The molecule has 2 fully saturated rings. The summed E-state index contributed by atoms with van der Waals surface area (Å²) in [4.78, 5) is 0. The first kappa shape index (κ1) is 18.1. The van der Waals surface area contributed by atoms with E-state index in [2.05, 4.69) is 0 Å². The molecule has 0 aromatic heterocycles. The van der Waals surface area contributed by atoms with Gasteiger partial charge in [0.2, 0.25) is 0 Å². The summed E-state index contributed by atoms with van der Waals surface area (Å²) in [5.74, 6) is -0.897. The first-order valence-electron chi connectivity index (χ1n) is 8.73. The summed E-state index contributed by atoms with van der Waals surface area (Å²) in [6, 6.07) is 0. The number of hydrogen-bond donors (Lipinski definition) is 0. The molecule has 2 nitrogen and oxygen atoms in total. The monoisotopic (exact) mass is 322 g/mol. The summed E-state index contributed by atoms with van der Waals surface area (Å²) in [6.45, 7) is 4.85. The van der Waals surface area contributed by atoms with E-state index in [1.54, 1.807) is 0 Å². The van der Waals surface area contributed by atoms with Crippen LogP contribution in [0.4, 0.5) is 13.2 Å². The van der Waals surface area contributed by atoms with E-state index in [1.165, 1.54) is 0 Å². The van der Waals surface area contributed by atoms with Crippen molar-refractivity contribution >= 4 is 0 Å². The summed E-state index contributed by atoms with van der Waals surface area (Å²) in [5.41, 5.74) is 0. The third-order valence-corrected chi connectivity index (χ3v) is 5.12. The second-order valence-corrected chi connectivity index (χ2v) is 6.61. The number of halogens is 3. The molecule has 5 heteroatoms. The van der Waals surface area contributed by atoms with E-state index >= 15 is 0 Å². The SMILES string of the molecule is CCCOC1CCC(C2CCC(OCC)CC2F)C(F)C1F. The Labute approximate surface area is 131 Å². The first-order valence-corrected chi connectivity index (χ1v) is 8.73. The largest absolute Gasteiger partial charge is 0.378 e. The van der Waals surface area contributed by atoms with E-state index in [4.69, 9.17) is 9.47 Å². The maximum Gasteiger partial charge on any atom is 0.157 e. The normalized spacial score (nSPS) is 43.2. The zero-order chi connectivity index (χ0) is 16.1. The summed E-state index contributed by atoms with van der Waals surface area (Å²) < 4.78 is 54.0. The van der Waals surface area contributed by atoms with Crippen LogP contribution < -0.4 is 0 Å². The minimum Gasteiger partial charge on any atom is -0.378 e. The Morgan fingerprint density at radius 2 is 1.59 bits per heavy atom. The molecule has 2 aliphatic carbocycles. The Bertz CT molecular complexity index is 329. The average molecular weight is 322 g/mol. The molecule has 0 spiro atoms. The van der Waals surface area contributed by atoms with Crippen molar-refractivity contribution in [3.05, 3.63) is 0 Å². The lowest BCUT2D eigenvalue weighted by Gasteiger charge is -2.42. The molecule has 22 heavy (non-hydrogen) atoms. The molecule has 0 aromatic rings. The Kier molecular flexibility index (Phi) is 7.00. The summed E-state index contributed by atoms with van der Waals surface area (Å²) >= 11 is 0. The van der Waals surface area contributed by atoms with E-state index in [-0.39, 0.29) is 12.0 Å². The summed E-state index contributed by atoms with van der Waals surface area (Å²) in [7, 11) is 0. The van der Waals surface area contributed by atoms with E-state index in [1.807, 2.05) is 13.8 Å². The second kappa shape index (κ2) is 8.53. The Morgan fingerprint density at radius 1 is 0.864 bits per heavy atom. The molecule has 7 atom stereocenters. The quantitative estimate of drug-likeness (QED) is 0.721. The molecule has 2 saturated carbocycles. The number of hydrogen-bond acceptors (Lipinski definition) is 2. The zero-order valence-corrected chi connectivity index (χ0v) is 13.6. The van der Waals surface area contributed by atoms with E-state index in [0.29, 0.717) is 38.9 Å². The zero-order valence-electron chi connectivity index (χ0n) is 13.6. The van der Waals surface area contributed by atoms with Crippen LogP contribution in [-0.4, -0.2) is 43.9 Å². The van der Waals surface area contributed by atoms with Crippen molar-refractivity contribution in [2.45, 2.75) is 83.1 Å². The minimum absolute atomic E-state index is 0.0697. The van der Waals surface area contributed by atoms with Crippen LogP contribution in [0.2, 0.25) is 0 Å². The van der Waals surface area contributed by atoms with Crippen LogP contribution >= 0.6 is 0 Å². The van der Waals surface area contributed by atoms with Gasteiger partial charge >= 0.3 is 0 Å². The molecule has 0 aliphatic heterocycles. The van der Waals surface area contributed by atoms with Crippen molar-refractivity contribution in [3.8, 4) is 0 Å². The predicted octanol–water partition coefficient (Wildman–Crippen LogP) is 4.41. The van der Waals surface area contributed by atoms with Crippen LogP contribution in [0.1, 0.15) is 52.4 Å². The van der Waals surface area contributed by atoms with Crippen LogP contribution in [0.3, 0.4) is 0 Å². The van der Waals surface area contributed by atoms with Crippen LogP contribution in [0, 0.1) is 11.8 Å². The fourth-order valence-corrected chi connectivity index (χ4v) is 3.98. The van der Waals surface area contributed by atoms with E-state index in [0.717, 1.165) is 12.8 Å². The number of ether oxygens (including phenoxy) is 2. The first-order chi connectivity index (χ1) is 10.6. The van der Waals surface area contributed by atoms with Gasteiger partial charge in [-0.25, -0.2) is 13.2 Å². The van der Waals surface area contributed by atoms with Gasteiger partial charge in [-0.1, -0.05) is 6.92 Å². The van der Waals surface area contributed by atoms with Crippen molar-refractivity contribution in [2.24, 2.45) is 11.8 Å². The molecule has 0 radical (unpaired) electrons. The fraction of sp³-hybridized carbons (Fsp3) is 1.00. The lowest BCUT2D eigenvalue weighted by atomic mass is 9.70. The van der Waals surface area contributed by atoms with Crippen molar-refractivity contribution < 1.29 is 22.6 Å². The third-order valence-electron chi connectivity index (χ3n) is 5.12. The average Bonchev–Trinajstić information content (AvgIpc) is 2.50. The van der Waals surface area contributed by atoms with Gasteiger partial charge in [0.25, 0.3) is 0 Å². The molecule has 0 bridgehead atoms. The van der Waals surface area contributed by atoms with Gasteiger partial charge in [0.05, 0.1) is 12.2 Å². The van der Waals surface area contributed by atoms with Crippen molar-refractivity contribution in [1.29, 1.82) is 0 Å². The van der Waals surface area contributed by atoms with Crippen molar-refractivity contribution in [2.75, 3.05) is 13.2 Å². The summed E-state index contributed by atoms with van der Waals surface area (Å²) in [6.07, 6.45) is -1.61. The Hall–Kier alpha value is -0.290. The van der Waals surface area contributed by atoms with Gasteiger partial charge in [0.15, 0.2) is 6.17 Å². The molecular formula is C17H29F3O2. The third kappa shape index (κ3) is 4.16. The topological polar surface area (TPSA) is 18.5 Å². The molecule has 2 aliphatic rings. The predicted molar refractivity (Wildman–Crippen MR) is 80.2 cm³/mol. The van der Waals surface area contributed by atoms with Gasteiger partial charge in [-0.15, -0.1) is 0 Å². The molecule has 0 heterocycles. The molecule has 0 aromatic carbocycles. The van der Waals surface area contributed by atoms with E-state index < -0.39 is 30.5 Å². The highest BCUT2D eigenvalue weighted by atomic mass is 19.2. The maximum absolute atomic E-state index is 14.5. The van der Waals surface area contributed by atoms with E-state index in [9.17, 15) is 13.2 Å². The van der Waals surface area contributed by atoms with Crippen LogP contribution in [-0.2, 0) is 9.47 Å². The van der Waals surface area contributed by atoms with Crippen molar-refractivity contribution in [1.82, 2.24) is 0 Å². The molecule has 7 unspecified atom stereocenters. The molecule has 0 amide bonds. The van der Waals surface area contributed by atoms with Gasteiger partial charge in [-0.2, -0.15) is 0 Å². The highest BCUT2D eigenvalue weighted by Gasteiger charge is 2.47. The molecular weight excluding hydrogens is 293 g/mol. The Morgan fingerprint density at radius 3 is 2.23 bits per heavy atom. The smallest absolute Gasteiger partial charge is 0.157 e. The van der Waals surface area contributed by atoms with Gasteiger partial charge in [-0.3, -0.25) is 0 Å². The fourth-order valence-electron chi connectivity index (χ4n) is 3.98. The van der Waals surface area contributed by atoms with Gasteiger partial charge < -0.3 is 9.47 Å².